The van der Waals surface area contributed by atoms with E-state index in [0.29, 0.717) is 27.9 Å². The zero-order valence-electron chi connectivity index (χ0n) is 16.6. The van der Waals surface area contributed by atoms with Crippen molar-refractivity contribution in [2.24, 2.45) is 0 Å². The molecule has 0 N–H and O–H groups in total. The number of rotatable bonds is 6. The van der Waals surface area contributed by atoms with Crippen molar-refractivity contribution in [3.05, 3.63) is 99.5 Å². The number of para-hydroxylation sites is 1. The number of hydrogen-bond acceptors (Lipinski definition) is 4. The van der Waals surface area contributed by atoms with Gasteiger partial charge in [-0.3, -0.25) is 9.59 Å². The van der Waals surface area contributed by atoms with Crippen LogP contribution in [0.3, 0.4) is 0 Å². The number of halogens is 2. The number of nitrogens with zero attached hydrogens (tertiary/aromatic N) is 2. The Kier molecular flexibility index (Phi) is 6.37. The first-order valence-electron chi connectivity index (χ1n) is 9.65. The number of benzene rings is 3. The van der Waals surface area contributed by atoms with Crippen LogP contribution in [0.5, 0.6) is 0 Å². The van der Waals surface area contributed by atoms with Crippen molar-refractivity contribution in [3.63, 3.8) is 0 Å². The number of anilines is 2. The fourth-order valence-corrected chi connectivity index (χ4v) is 4.66. The van der Waals surface area contributed by atoms with Gasteiger partial charge in [-0.2, -0.15) is 0 Å². The zero-order chi connectivity index (χ0) is 22.0. The molecule has 0 saturated carbocycles. The number of amides is 2. The van der Waals surface area contributed by atoms with Gasteiger partial charge in [-0.25, -0.2) is 4.90 Å². The van der Waals surface area contributed by atoms with Crippen molar-refractivity contribution >= 4 is 58.2 Å². The molecular weight excluding hydrogens is 451 g/mol. The van der Waals surface area contributed by atoms with Crippen molar-refractivity contribution in [2.75, 3.05) is 16.3 Å². The fourth-order valence-electron chi connectivity index (χ4n) is 3.37. The largest absolute Gasteiger partial charge is 0.336 e. The lowest BCUT2D eigenvalue weighted by molar-refractivity contribution is -0.120. The summed E-state index contributed by atoms with van der Waals surface area (Å²) in [5, 5.41) is 0.636. The van der Waals surface area contributed by atoms with Gasteiger partial charge in [0.05, 0.1) is 15.7 Å². The molecule has 1 aliphatic heterocycles. The molecule has 2 amide bonds. The average molecular weight is 469 g/mol. The first kappa shape index (κ1) is 21.5. The maximum Gasteiger partial charge on any atom is 0.283 e. The third kappa shape index (κ3) is 4.22. The number of hydrogen-bond donors (Lipinski definition) is 0. The zero-order valence-corrected chi connectivity index (χ0v) is 18.9. The monoisotopic (exact) mass is 468 g/mol. The molecule has 0 aliphatic carbocycles. The molecule has 3 aromatic rings. The van der Waals surface area contributed by atoms with Crippen LogP contribution in [0.4, 0.5) is 11.4 Å². The predicted molar refractivity (Wildman–Crippen MR) is 128 cm³/mol. The third-order valence-electron chi connectivity index (χ3n) is 4.80. The normalized spacial score (nSPS) is 13.8. The molecule has 0 unspecified atom stereocenters. The van der Waals surface area contributed by atoms with Crippen molar-refractivity contribution in [2.45, 2.75) is 11.8 Å². The molecule has 156 valence electrons. The van der Waals surface area contributed by atoms with E-state index in [1.54, 1.807) is 12.1 Å². The summed E-state index contributed by atoms with van der Waals surface area (Å²) in [5.74, 6) is -0.783. The predicted octanol–water partition coefficient (Wildman–Crippen LogP) is 6.40. The highest BCUT2D eigenvalue weighted by Crippen LogP contribution is 2.40. The molecular formula is C24H18Cl2N2O2S. The highest BCUT2D eigenvalue weighted by molar-refractivity contribution is 8.04. The molecule has 0 saturated heterocycles. The SMILES string of the molecule is CCN(C1=C(Sc2ccccc2)C(=O)N(c2ccc(Cl)c(Cl)c2)C1=O)c1ccccc1. The molecule has 1 aliphatic rings. The van der Waals surface area contributed by atoms with E-state index in [9.17, 15) is 9.59 Å². The second-order valence-electron chi connectivity index (χ2n) is 6.72. The van der Waals surface area contributed by atoms with E-state index < -0.39 is 5.91 Å². The number of likely N-dealkylation sites (N-methyl/N-ethyl adjacent to an activating group) is 1. The quantitative estimate of drug-likeness (QED) is 0.392. The minimum absolute atomic E-state index is 0.279. The maximum absolute atomic E-state index is 13.6. The second kappa shape index (κ2) is 9.18. The molecule has 4 nitrogen and oxygen atoms in total. The lowest BCUT2D eigenvalue weighted by atomic mass is 10.2. The summed E-state index contributed by atoms with van der Waals surface area (Å²) in [4.78, 5) is 31.4. The lowest BCUT2D eigenvalue weighted by Gasteiger charge is -2.24. The molecule has 0 fully saturated rings. The van der Waals surface area contributed by atoms with E-state index in [4.69, 9.17) is 23.2 Å². The molecule has 0 bridgehead atoms. The van der Waals surface area contributed by atoms with Crippen molar-refractivity contribution in [1.82, 2.24) is 0 Å². The molecule has 0 radical (unpaired) electrons. The van der Waals surface area contributed by atoms with Crippen LogP contribution in [0, 0.1) is 0 Å². The third-order valence-corrected chi connectivity index (χ3v) is 6.62. The minimum atomic E-state index is -0.396. The van der Waals surface area contributed by atoms with E-state index >= 15 is 0 Å². The van der Waals surface area contributed by atoms with Gasteiger partial charge in [0.25, 0.3) is 11.8 Å². The Morgan fingerprint density at radius 3 is 2.10 bits per heavy atom. The van der Waals surface area contributed by atoms with Crippen LogP contribution in [-0.4, -0.2) is 18.4 Å². The van der Waals surface area contributed by atoms with Crippen LogP contribution >= 0.6 is 35.0 Å². The summed E-state index contributed by atoms with van der Waals surface area (Å²) < 4.78 is 0. The van der Waals surface area contributed by atoms with E-state index in [1.165, 1.54) is 17.8 Å². The van der Waals surface area contributed by atoms with Crippen molar-refractivity contribution in [3.8, 4) is 0 Å². The first-order valence-corrected chi connectivity index (χ1v) is 11.2. The fraction of sp³-hybridized carbons (Fsp3) is 0.0833. The van der Waals surface area contributed by atoms with Gasteiger partial charge < -0.3 is 4.90 Å². The second-order valence-corrected chi connectivity index (χ2v) is 8.61. The number of carbonyl (C=O) groups is 2. The van der Waals surface area contributed by atoms with Gasteiger partial charge in [0, 0.05) is 17.1 Å². The molecule has 0 spiro atoms. The Balaban J connectivity index is 1.83. The summed E-state index contributed by atoms with van der Waals surface area (Å²) in [5.41, 5.74) is 1.57. The van der Waals surface area contributed by atoms with Crippen molar-refractivity contribution in [1.29, 1.82) is 0 Å². The molecule has 0 aromatic heterocycles. The van der Waals surface area contributed by atoms with Gasteiger partial charge >= 0.3 is 0 Å². The highest BCUT2D eigenvalue weighted by atomic mass is 35.5. The number of thioether (sulfide) groups is 1. The Bertz CT molecular complexity index is 1170. The molecule has 0 atom stereocenters. The minimum Gasteiger partial charge on any atom is -0.336 e. The summed E-state index contributed by atoms with van der Waals surface area (Å²) in [6, 6.07) is 23.8. The van der Waals surface area contributed by atoms with Gasteiger partial charge in [0.1, 0.15) is 10.6 Å². The van der Waals surface area contributed by atoms with Gasteiger partial charge in [-0.05, 0) is 49.4 Å². The molecule has 31 heavy (non-hydrogen) atoms. The van der Waals surface area contributed by atoms with Crippen molar-refractivity contribution < 1.29 is 9.59 Å². The topological polar surface area (TPSA) is 40.6 Å². The molecule has 4 rings (SSSR count). The van der Waals surface area contributed by atoms with Crippen LogP contribution in [0.1, 0.15) is 6.92 Å². The van der Waals surface area contributed by atoms with Crippen LogP contribution in [0.25, 0.3) is 0 Å². The van der Waals surface area contributed by atoms with Gasteiger partial charge in [0.2, 0.25) is 0 Å². The summed E-state index contributed by atoms with van der Waals surface area (Å²) in [7, 11) is 0. The average Bonchev–Trinajstić information content (AvgIpc) is 3.02. The molecule has 3 aromatic carbocycles. The first-order chi connectivity index (χ1) is 15.0. The Morgan fingerprint density at radius 2 is 1.48 bits per heavy atom. The van der Waals surface area contributed by atoms with Gasteiger partial charge in [-0.1, -0.05) is 71.4 Å². The standard InChI is InChI=1S/C24H18Cl2N2O2S/c1-2-27(16-9-5-3-6-10-16)21-22(31-18-11-7-4-8-12-18)24(30)28(23(21)29)17-13-14-19(25)20(26)15-17/h3-15H,2H2,1H3. The Morgan fingerprint density at radius 1 is 0.839 bits per heavy atom. The summed E-state index contributed by atoms with van der Waals surface area (Å²) >= 11 is 13.5. The van der Waals surface area contributed by atoms with Crippen LogP contribution in [0.2, 0.25) is 10.0 Å². The highest BCUT2D eigenvalue weighted by Gasteiger charge is 2.42. The lowest BCUT2D eigenvalue weighted by Crippen LogP contribution is -2.35. The summed E-state index contributed by atoms with van der Waals surface area (Å²) in [6.45, 7) is 2.47. The number of imide groups is 1. The van der Waals surface area contributed by atoms with Crippen LogP contribution in [0.15, 0.2) is 94.4 Å². The smallest absolute Gasteiger partial charge is 0.283 e. The molecule has 1 heterocycles. The van der Waals surface area contributed by atoms with Gasteiger partial charge in [-0.15, -0.1) is 0 Å². The summed E-state index contributed by atoms with van der Waals surface area (Å²) in [6.07, 6.45) is 0. The number of carbonyl (C=O) groups excluding carboxylic acids is 2. The maximum atomic E-state index is 13.6. The van der Waals surface area contributed by atoms with E-state index in [-0.39, 0.29) is 10.9 Å². The Hall–Kier alpha value is -2.73. The van der Waals surface area contributed by atoms with Crippen LogP contribution in [-0.2, 0) is 9.59 Å². The Labute approximate surface area is 195 Å². The van der Waals surface area contributed by atoms with Gasteiger partial charge in [0.15, 0.2) is 0 Å². The molecule has 7 heteroatoms. The van der Waals surface area contributed by atoms with E-state index in [0.717, 1.165) is 15.5 Å². The van der Waals surface area contributed by atoms with Crippen LogP contribution < -0.4 is 9.80 Å². The van der Waals surface area contributed by atoms with E-state index in [1.807, 2.05) is 72.5 Å². The van der Waals surface area contributed by atoms with E-state index in [2.05, 4.69) is 0 Å².